The molecule has 4 saturated heterocycles. The first-order valence-electron chi connectivity index (χ1n) is 21.4. The van der Waals surface area contributed by atoms with Crippen molar-refractivity contribution in [1.82, 2.24) is 24.9 Å². The smallest absolute Gasteiger partial charge is 0.262 e. The number of carbonyl (C=O) groups excluding carboxylic acids is 6. The van der Waals surface area contributed by atoms with E-state index in [9.17, 15) is 34.0 Å². The second kappa shape index (κ2) is 15.3. The van der Waals surface area contributed by atoms with E-state index in [0.29, 0.717) is 52.0 Å². The highest BCUT2D eigenvalue weighted by Gasteiger charge is 2.71. The van der Waals surface area contributed by atoms with Gasteiger partial charge in [-0.3, -0.25) is 43.9 Å². The molecule has 7 aliphatic rings. The minimum atomic E-state index is -0.986. The van der Waals surface area contributed by atoms with Crippen molar-refractivity contribution in [3.63, 3.8) is 0 Å². The minimum Gasteiger partial charge on any atom is -0.490 e. The van der Waals surface area contributed by atoms with Gasteiger partial charge >= 0.3 is 0 Å². The van der Waals surface area contributed by atoms with Gasteiger partial charge in [0.05, 0.1) is 21.7 Å². The average molecular weight is 844 g/mol. The molecular weight excluding hydrogens is 798 g/mol. The highest BCUT2D eigenvalue weighted by Crippen LogP contribution is 2.66. The number of carbonyl (C=O) groups is 6. The van der Waals surface area contributed by atoms with Gasteiger partial charge in [0, 0.05) is 99.0 Å². The normalized spacial score (nSPS) is 27.4. The number of nitrogens with zero attached hydrogens (tertiary/aromatic N) is 6. The van der Waals surface area contributed by atoms with Crippen molar-refractivity contribution in [2.45, 2.75) is 75.6 Å². The van der Waals surface area contributed by atoms with Gasteiger partial charge in [0.25, 0.3) is 23.6 Å². The zero-order valence-corrected chi connectivity index (χ0v) is 34.4. The molecule has 2 aliphatic carbocycles. The molecule has 3 aromatic rings. The van der Waals surface area contributed by atoms with Crippen molar-refractivity contribution in [2.75, 3.05) is 50.7 Å². The molecule has 3 aromatic carbocycles. The van der Waals surface area contributed by atoms with Crippen LogP contribution in [0.1, 0.15) is 98.4 Å². The number of anilines is 1. The number of nitriles is 1. The molecular formula is C46H46ClN7O7. The fourth-order valence-corrected chi connectivity index (χ4v) is 11.4. The Labute approximate surface area is 358 Å². The van der Waals surface area contributed by atoms with Crippen LogP contribution in [0.3, 0.4) is 0 Å². The van der Waals surface area contributed by atoms with Crippen LogP contribution < -0.4 is 15.0 Å². The molecule has 314 valence electrons. The van der Waals surface area contributed by atoms with Crippen LogP contribution in [0.4, 0.5) is 5.69 Å². The Kier molecular flexibility index (Phi) is 9.87. The summed E-state index contributed by atoms with van der Waals surface area (Å²) in [5, 5.41) is 11.8. The summed E-state index contributed by atoms with van der Waals surface area (Å²) < 4.78 is 6.31. The zero-order chi connectivity index (χ0) is 42.2. The summed E-state index contributed by atoms with van der Waals surface area (Å²) in [6, 6.07) is 19.0. The highest BCUT2D eigenvalue weighted by molar-refractivity contribution is 6.31. The van der Waals surface area contributed by atoms with Gasteiger partial charge in [0.15, 0.2) is 0 Å². The predicted octanol–water partition coefficient (Wildman–Crippen LogP) is 4.50. The first-order valence-corrected chi connectivity index (χ1v) is 21.8. The number of amides is 6. The largest absolute Gasteiger partial charge is 0.490 e. The van der Waals surface area contributed by atoms with Crippen LogP contribution in [-0.2, 0) is 9.59 Å². The quantitative estimate of drug-likeness (QED) is 0.320. The van der Waals surface area contributed by atoms with Gasteiger partial charge in [-0.05, 0) is 99.0 Å². The van der Waals surface area contributed by atoms with Crippen LogP contribution in [0.5, 0.6) is 5.75 Å². The monoisotopic (exact) mass is 843 g/mol. The van der Waals surface area contributed by atoms with Crippen LogP contribution in [0.15, 0.2) is 60.7 Å². The van der Waals surface area contributed by atoms with Gasteiger partial charge in [-0.1, -0.05) is 11.6 Å². The standard InChI is InChI=1S/C46H46ClN7O7/c47-36-22-32(7-5-30(36)25-48)61-33-23-39-46(24-33)14-11-38(46)54(39)43(58)29-3-1-28(2-4-29)42(57)52-19-17-50(18-20-52)26-27-12-15-51(16-13-27)31-6-8-34-35(21-31)45(60)53(44(34)59)37-9-10-40(55)49-41(37)56/h1-8,21-22,27,33,37-39H,9-20,23-24,26H2,(H,49,55,56). The van der Waals surface area contributed by atoms with E-state index in [0.717, 1.165) is 81.8 Å². The second-order valence-corrected chi connectivity index (χ2v) is 18.1. The Balaban J connectivity index is 0.683. The fraction of sp³-hybridized carbons (Fsp3) is 0.457. The van der Waals surface area contributed by atoms with Crippen molar-refractivity contribution in [1.29, 1.82) is 5.26 Å². The van der Waals surface area contributed by atoms with E-state index in [1.807, 2.05) is 15.9 Å². The molecule has 0 aromatic heterocycles. The number of halogens is 1. The highest BCUT2D eigenvalue weighted by atomic mass is 35.5. The molecule has 0 radical (unpaired) electrons. The number of rotatable bonds is 8. The van der Waals surface area contributed by atoms with E-state index >= 15 is 0 Å². The number of likely N-dealkylation sites (tertiary alicyclic amines) is 1. The Bertz CT molecular complexity index is 2400. The summed E-state index contributed by atoms with van der Waals surface area (Å²) in [6.07, 6.45) is 5.83. The minimum absolute atomic E-state index is 0.00285. The summed E-state index contributed by atoms with van der Waals surface area (Å²) in [5.74, 6) is -0.913. The lowest BCUT2D eigenvalue weighted by atomic mass is 9.53. The molecule has 6 amide bonds. The van der Waals surface area contributed by atoms with Crippen molar-refractivity contribution < 1.29 is 33.5 Å². The molecule has 5 aliphatic heterocycles. The van der Waals surface area contributed by atoms with Crippen molar-refractivity contribution >= 4 is 52.7 Å². The predicted molar refractivity (Wildman–Crippen MR) is 222 cm³/mol. The maximum Gasteiger partial charge on any atom is 0.262 e. The van der Waals surface area contributed by atoms with Gasteiger partial charge in [-0.25, -0.2) is 0 Å². The van der Waals surface area contributed by atoms with E-state index < -0.39 is 29.7 Å². The molecule has 5 atom stereocenters. The molecule has 1 spiro atoms. The lowest BCUT2D eigenvalue weighted by Crippen LogP contribution is -2.75. The van der Waals surface area contributed by atoms with Crippen LogP contribution in [0.25, 0.3) is 0 Å². The molecule has 2 saturated carbocycles. The molecule has 6 fully saturated rings. The molecule has 14 nitrogen and oxygen atoms in total. The number of piperazine rings is 1. The van der Waals surface area contributed by atoms with E-state index in [1.54, 1.807) is 54.6 Å². The molecule has 0 bridgehead atoms. The summed E-state index contributed by atoms with van der Waals surface area (Å²) in [6.45, 7) is 5.40. The molecule has 15 heteroatoms. The Morgan fingerprint density at radius 2 is 1.54 bits per heavy atom. The summed E-state index contributed by atoms with van der Waals surface area (Å²) in [4.78, 5) is 87.6. The van der Waals surface area contributed by atoms with E-state index in [-0.39, 0.29) is 53.8 Å². The van der Waals surface area contributed by atoms with Gasteiger partial charge in [-0.15, -0.1) is 0 Å². The van der Waals surface area contributed by atoms with E-state index in [1.165, 1.54) is 0 Å². The van der Waals surface area contributed by atoms with E-state index in [4.69, 9.17) is 16.3 Å². The number of hydrogen-bond acceptors (Lipinski definition) is 10. The maximum atomic E-state index is 13.8. The third-order valence-corrected chi connectivity index (χ3v) is 14.8. The van der Waals surface area contributed by atoms with Crippen LogP contribution in [0.2, 0.25) is 5.02 Å². The number of imide groups is 2. The lowest BCUT2D eigenvalue weighted by molar-refractivity contribution is -0.161. The Morgan fingerprint density at radius 1 is 0.820 bits per heavy atom. The number of ether oxygens (including phenoxy) is 1. The maximum absolute atomic E-state index is 13.8. The molecule has 5 unspecified atom stereocenters. The average Bonchev–Trinajstić information content (AvgIpc) is 3.75. The number of nitrogens with one attached hydrogen (secondary N) is 1. The van der Waals surface area contributed by atoms with Crippen molar-refractivity contribution in [3.05, 3.63) is 93.5 Å². The molecule has 61 heavy (non-hydrogen) atoms. The van der Waals surface area contributed by atoms with Gasteiger partial charge < -0.3 is 19.4 Å². The lowest BCUT2D eigenvalue weighted by Gasteiger charge is -2.68. The third-order valence-electron chi connectivity index (χ3n) is 14.5. The van der Waals surface area contributed by atoms with Gasteiger partial charge in [0.2, 0.25) is 11.8 Å². The van der Waals surface area contributed by atoms with Crippen LogP contribution >= 0.6 is 11.6 Å². The summed E-state index contributed by atoms with van der Waals surface area (Å²) in [7, 11) is 0. The van der Waals surface area contributed by atoms with Gasteiger partial charge in [-0.2, -0.15) is 5.26 Å². The number of piperidine rings is 3. The Morgan fingerprint density at radius 3 is 2.21 bits per heavy atom. The number of fused-ring (bicyclic) bond motifs is 1. The SMILES string of the molecule is N#Cc1ccc(OC2CC3N(C(=O)c4ccc(C(=O)N5CCN(CC6CCN(c7ccc8c(c7)C(=O)N(C7CCC(=O)NC7=O)C8=O)CC6)CC5)cc4)C4CCC43C2)cc1Cl. The molecule has 5 heterocycles. The third kappa shape index (κ3) is 6.73. The van der Waals surface area contributed by atoms with Gasteiger partial charge in [0.1, 0.15) is 24.0 Å². The van der Waals surface area contributed by atoms with E-state index in [2.05, 4.69) is 21.2 Å². The number of benzene rings is 3. The first kappa shape index (κ1) is 39.4. The molecule has 1 N–H and O–H groups in total. The zero-order valence-electron chi connectivity index (χ0n) is 33.7. The molecule has 10 rings (SSSR count). The van der Waals surface area contributed by atoms with Crippen LogP contribution in [-0.4, -0.2) is 125 Å². The second-order valence-electron chi connectivity index (χ2n) is 17.7. The Hall–Kier alpha value is -5.78. The fourth-order valence-electron chi connectivity index (χ4n) is 11.2. The topological polar surface area (TPSA) is 164 Å². The van der Waals surface area contributed by atoms with Crippen molar-refractivity contribution in [2.24, 2.45) is 11.3 Å². The summed E-state index contributed by atoms with van der Waals surface area (Å²) in [5.41, 5.74) is 3.13. The number of hydrogen-bond donors (Lipinski definition) is 1. The van der Waals surface area contributed by atoms with Crippen LogP contribution in [0, 0.1) is 22.7 Å². The summed E-state index contributed by atoms with van der Waals surface area (Å²) >= 11 is 6.24. The van der Waals surface area contributed by atoms with Crippen molar-refractivity contribution in [3.8, 4) is 11.8 Å². The first-order chi connectivity index (χ1) is 29.5.